The first-order valence-electron chi connectivity index (χ1n) is 6.97. The monoisotopic (exact) mass is 257 g/mol. The fraction of sp³-hybridized carbons (Fsp3) is 0.929. The van der Waals surface area contributed by atoms with Crippen molar-refractivity contribution in [1.82, 2.24) is 4.90 Å². The Bertz CT molecular complexity index is 270. The highest BCUT2D eigenvalue weighted by molar-refractivity contribution is 5.74. The molecule has 1 rings (SSSR count). The quantitative estimate of drug-likeness (QED) is 0.761. The molecule has 0 amide bonds. The number of hydrogen-bond acceptors (Lipinski definition) is 4. The van der Waals surface area contributed by atoms with Gasteiger partial charge in [-0.15, -0.1) is 0 Å². The molecule has 1 aliphatic heterocycles. The number of esters is 1. The summed E-state index contributed by atoms with van der Waals surface area (Å²) >= 11 is 0. The number of rotatable bonds is 5. The van der Waals surface area contributed by atoms with E-state index in [9.17, 15) is 9.90 Å². The van der Waals surface area contributed by atoms with E-state index in [2.05, 4.69) is 11.8 Å². The van der Waals surface area contributed by atoms with Gasteiger partial charge in [0.05, 0.1) is 18.6 Å². The predicted molar refractivity (Wildman–Crippen MR) is 71.3 cm³/mol. The summed E-state index contributed by atoms with van der Waals surface area (Å²) in [5.74, 6) is -0.595. The maximum atomic E-state index is 11.9. The van der Waals surface area contributed by atoms with Crippen LogP contribution in [0.1, 0.15) is 40.0 Å². The van der Waals surface area contributed by atoms with Gasteiger partial charge in [0.15, 0.2) is 0 Å². The minimum absolute atomic E-state index is 0.0974. The Kier molecular flexibility index (Phi) is 5.60. The number of carbonyl (C=O) groups excluding carboxylic acids is 1. The average molecular weight is 257 g/mol. The summed E-state index contributed by atoms with van der Waals surface area (Å²) in [6.45, 7) is 8.90. The van der Waals surface area contributed by atoms with Crippen LogP contribution in [0.15, 0.2) is 0 Å². The lowest BCUT2D eigenvalue weighted by Gasteiger charge is -2.43. The molecule has 1 unspecified atom stereocenters. The molecule has 4 nitrogen and oxygen atoms in total. The minimum Gasteiger partial charge on any atom is -0.469 e. The molecule has 0 aromatic rings. The van der Waals surface area contributed by atoms with Gasteiger partial charge < -0.3 is 14.7 Å². The molecule has 0 spiro atoms. The molecule has 0 bridgehead atoms. The summed E-state index contributed by atoms with van der Waals surface area (Å²) in [4.78, 5) is 14.2. The summed E-state index contributed by atoms with van der Waals surface area (Å²) < 4.78 is 4.85. The van der Waals surface area contributed by atoms with Crippen LogP contribution in [-0.4, -0.2) is 48.3 Å². The van der Waals surface area contributed by atoms with Gasteiger partial charge in [0.2, 0.25) is 0 Å². The lowest BCUT2D eigenvalue weighted by atomic mass is 9.74. The zero-order valence-corrected chi connectivity index (χ0v) is 12.1. The molecule has 4 heteroatoms. The first-order chi connectivity index (χ1) is 8.44. The molecule has 0 aromatic heterocycles. The van der Waals surface area contributed by atoms with Gasteiger partial charge in [0, 0.05) is 13.1 Å². The molecule has 1 N–H and O–H groups in total. The average Bonchev–Trinajstić information content (AvgIpc) is 2.32. The maximum absolute atomic E-state index is 11.9. The van der Waals surface area contributed by atoms with E-state index >= 15 is 0 Å². The summed E-state index contributed by atoms with van der Waals surface area (Å²) in [6.07, 6.45) is 2.44. The molecule has 18 heavy (non-hydrogen) atoms. The molecule has 1 heterocycles. The van der Waals surface area contributed by atoms with Crippen molar-refractivity contribution in [2.75, 3.05) is 26.7 Å². The topological polar surface area (TPSA) is 49.8 Å². The second-order valence-corrected chi connectivity index (χ2v) is 5.69. The highest BCUT2D eigenvalue weighted by Crippen LogP contribution is 2.35. The van der Waals surface area contributed by atoms with Crippen LogP contribution < -0.4 is 0 Å². The molecule has 0 radical (unpaired) electrons. The van der Waals surface area contributed by atoms with E-state index < -0.39 is 11.5 Å². The Hall–Kier alpha value is -0.610. The van der Waals surface area contributed by atoms with E-state index in [4.69, 9.17) is 4.74 Å². The van der Waals surface area contributed by atoms with Crippen LogP contribution in [0, 0.1) is 11.8 Å². The maximum Gasteiger partial charge on any atom is 0.311 e. The molecule has 1 aliphatic rings. The Morgan fingerprint density at radius 1 is 1.39 bits per heavy atom. The van der Waals surface area contributed by atoms with Crippen molar-refractivity contribution in [3.8, 4) is 0 Å². The molecule has 1 fully saturated rings. The highest BCUT2D eigenvalue weighted by atomic mass is 16.5. The number of carbonyl (C=O) groups is 1. The predicted octanol–water partition coefficient (Wildman–Crippen LogP) is 1.67. The number of ether oxygens (including phenoxy) is 1. The van der Waals surface area contributed by atoms with Gasteiger partial charge in [-0.1, -0.05) is 20.8 Å². The van der Waals surface area contributed by atoms with Crippen molar-refractivity contribution >= 4 is 5.97 Å². The largest absolute Gasteiger partial charge is 0.469 e. The van der Waals surface area contributed by atoms with Crippen LogP contribution in [0.5, 0.6) is 0 Å². The second kappa shape index (κ2) is 6.53. The standard InChI is InChI=1S/C14H27NO3/c1-5-8-15-9-6-14(17,7-10-15)12(11(2)3)13(16)18-4/h11-12,17H,5-10H2,1-4H3. The molecule has 106 valence electrons. The molecule has 1 atom stereocenters. The molecule has 1 saturated heterocycles. The van der Waals surface area contributed by atoms with Gasteiger partial charge in [-0.2, -0.15) is 0 Å². The van der Waals surface area contributed by atoms with Crippen molar-refractivity contribution in [1.29, 1.82) is 0 Å². The van der Waals surface area contributed by atoms with Gasteiger partial charge in [-0.3, -0.25) is 4.79 Å². The van der Waals surface area contributed by atoms with Crippen LogP contribution in [0.3, 0.4) is 0 Å². The third-order valence-electron chi connectivity index (χ3n) is 3.96. The Morgan fingerprint density at radius 3 is 2.33 bits per heavy atom. The summed E-state index contributed by atoms with van der Waals surface area (Å²) in [5.41, 5.74) is -0.897. The molecular weight excluding hydrogens is 230 g/mol. The Labute approximate surface area is 110 Å². The second-order valence-electron chi connectivity index (χ2n) is 5.69. The van der Waals surface area contributed by atoms with Crippen molar-refractivity contribution in [3.63, 3.8) is 0 Å². The zero-order valence-electron chi connectivity index (χ0n) is 12.1. The fourth-order valence-electron chi connectivity index (χ4n) is 3.03. The summed E-state index contributed by atoms with van der Waals surface area (Å²) in [7, 11) is 1.40. The molecular formula is C14H27NO3. The van der Waals surface area contributed by atoms with Crippen LogP contribution in [-0.2, 0) is 9.53 Å². The SMILES string of the molecule is CCCN1CCC(O)(C(C(=O)OC)C(C)C)CC1. The van der Waals surface area contributed by atoms with E-state index in [1.165, 1.54) is 7.11 Å². The first kappa shape index (κ1) is 15.4. The van der Waals surface area contributed by atoms with E-state index in [0.29, 0.717) is 12.8 Å². The number of aliphatic hydroxyl groups is 1. The molecule has 0 saturated carbocycles. The van der Waals surface area contributed by atoms with Gasteiger partial charge >= 0.3 is 5.97 Å². The van der Waals surface area contributed by atoms with Gasteiger partial charge in [-0.05, 0) is 31.7 Å². The Morgan fingerprint density at radius 2 is 1.94 bits per heavy atom. The minimum atomic E-state index is -0.897. The zero-order chi connectivity index (χ0) is 13.8. The summed E-state index contributed by atoms with van der Waals surface area (Å²) in [5, 5.41) is 10.8. The number of likely N-dealkylation sites (tertiary alicyclic amines) is 1. The number of nitrogens with zero attached hydrogens (tertiary/aromatic N) is 1. The number of piperidine rings is 1. The number of methoxy groups -OCH3 is 1. The summed E-state index contributed by atoms with van der Waals surface area (Å²) in [6, 6.07) is 0. The van der Waals surface area contributed by atoms with Crippen LogP contribution >= 0.6 is 0 Å². The van der Waals surface area contributed by atoms with Crippen molar-refractivity contribution in [3.05, 3.63) is 0 Å². The lowest BCUT2D eigenvalue weighted by molar-refractivity contribution is -0.164. The molecule has 0 aliphatic carbocycles. The van der Waals surface area contributed by atoms with E-state index in [1.54, 1.807) is 0 Å². The van der Waals surface area contributed by atoms with Crippen molar-refractivity contribution in [2.45, 2.75) is 45.6 Å². The van der Waals surface area contributed by atoms with Gasteiger partial charge in [0.25, 0.3) is 0 Å². The number of hydrogen-bond donors (Lipinski definition) is 1. The van der Waals surface area contributed by atoms with Crippen molar-refractivity contribution < 1.29 is 14.6 Å². The fourth-order valence-corrected chi connectivity index (χ4v) is 3.03. The normalized spacial score (nSPS) is 21.9. The molecule has 0 aromatic carbocycles. The van der Waals surface area contributed by atoms with Crippen molar-refractivity contribution in [2.24, 2.45) is 11.8 Å². The van der Waals surface area contributed by atoms with E-state index in [1.807, 2.05) is 13.8 Å². The lowest BCUT2D eigenvalue weighted by Crippen LogP contribution is -2.53. The Balaban J connectivity index is 2.71. The van der Waals surface area contributed by atoms with Gasteiger partial charge in [0.1, 0.15) is 0 Å². The smallest absolute Gasteiger partial charge is 0.311 e. The van der Waals surface area contributed by atoms with E-state index in [-0.39, 0.29) is 11.9 Å². The third kappa shape index (κ3) is 3.45. The van der Waals surface area contributed by atoms with Crippen LogP contribution in [0.25, 0.3) is 0 Å². The van der Waals surface area contributed by atoms with E-state index in [0.717, 1.165) is 26.1 Å². The van der Waals surface area contributed by atoms with Crippen LogP contribution in [0.4, 0.5) is 0 Å². The highest BCUT2D eigenvalue weighted by Gasteiger charge is 2.45. The third-order valence-corrected chi connectivity index (χ3v) is 3.96. The van der Waals surface area contributed by atoms with Crippen LogP contribution in [0.2, 0.25) is 0 Å². The van der Waals surface area contributed by atoms with Gasteiger partial charge in [-0.25, -0.2) is 0 Å². The first-order valence-corrected chi connectivity index (χ1v) is 6.97.